The van der Waals surface area contributed by atoms with E-state index in [1.807, 2.05) is 42.5 Å². The molecule has 2 unspecified atom stereocenters. The molecule has 2 atom stereocenters. The highest BCUT2D eigenvalue weighted by atomic mass is 16.5. The van der Waals surface area contributed by atoms with Gasteiger partial charge in [-0.15, -0.1) is 0 Å². The van der Waals surface area contributed by atoms with Gasteiger partial charge in [0.2, 0.25) is 0 Å². The first-order valence-corrected chi connectivity index (χ1v) is 6.25. The summed E-state index contributed by atoms with van der Waals surface area (Å²) in [5.41, 5.74) is 5.89. The van der Waals surface area contributed by atoms with Crippen LogP contribution in [-0.4, -0.2) is 37.6 Å². The number of hydrogen-bond acceptors (Lipinski definition) is 4. The predicted molar refractivity (Wildman–Crippen MR) is 75.3 cm³/mol. The summed E-state index contributed by atoms with van der Waals surface area (Å²) in [6.07, 6.45) is -0.471. The van der Waals surface area contributed by atoms with Crippen LogP contribution in [0.4, 0.5) is 0 Å². The smallest absolute Gasteiger partial charge is 0.139 e. The van der Waals surface area contributed by atoms with E-state index in [4.69, 9.17) is 15.2 Å². The van der Waals surface area contributed by atoms with Crippen molar-refractivity contribution in [3.8, 4) is 5.75 Å². The van der Waals surface area contributed by atoms with Gasteiger partial charge in [0.1, 0.15) is 11.9 Å². The van der Waals surface area contributed by atoms with E-state index in [9.17, 15) is 5.11 Å². The Labute approximate surface area is 112 Å². The van der Waals surface area contributed by atoms with Gasteiger partial charge in [0, 0.05) is 7.11 Å². The summed E-state index contributed by atoms with van der Waals surface area (Å²) in [7, 11) is 1.57. The minimum atomic E-state index is -0.471. The van der Waals surface area contributed by atoms with Crippen molar-refractivity contribution in [3.63, 3.8) is 0 Å². The molecule has 2 aromatic carbocycles. The Bertz CT molecular complexity index is 530. The van der Waals surface area contributed by atoms with Crippen LogP contribution < -0.4 is 10.5 Å². The molecule has 0 aliphatic carbocycles. The number of hydrogen-bond donors (Lipinski definition) is 2. The molecule has 0 bridgehead atoms. The number of rotatable bonds is 6. The third-order valence-corrected chi connectivity index (χ3v) is 3.02. The molecule has 0 radical (unpaired) electrons. The van der Waals surface area contributed by atoms with Crippen molar-refractivity contribution in [2.24, 2.45) is 5.73 Å². The van der Waals surface area contributed by atoms with E-state index in [2.05, 4.69) is 0 Å². The molecular formula is C15H19NO3. The van der Waals surface area contributed by atoms with Gasteiger partial charge in [-0.05, 0) is 22.9 Å². The van der Waals surface area contributed by atoms with Crippen molar-refractivity contribution in [3.05, 3.63) is 42.5 Å². The lowest BCUT2D eigenvalue weighted by molar-refractivity contribution is 0.0606. The van der Waals surface area contributed by atoms with Gasteiger partial charge < -0.3 is 20.3 Å². The molecule has 19 heavy (non-hydrogen) atoms. The second-order valence-electron chi connectivity index (χ2n) is 4.47. The summed E-state index contributed by atoms with van der Waals surface area (Å²) in [5.74, 6) is 0.698. The molecule has 0 aromatic heterocycles. The zero-order valence-electron chi connectivity index (χ0n) is 11.0. The largest absolute Gasteiger partial charge is 0.486 e. The molecule has 0 aliphatic rings. The van der Waals surface area contributed by atoms with Crippen molar-refractivity contribution in [2.75, 3.05) is 20.3 Å². The van der Waals surface area contributed by atoms with Gasteiger partial charge in [0.25, 0.3) is 0 Å². The normalized spacial score (nSPS) is 14.3. The van der Waals surface area contributed by atoms with Crippen molar-refractivity contribution in [1.82, 2.24) is 0 Å². The number of nitrogens with two attached hydrogens (primary N) is 1. The molecule has 0 amide bonds. The lowest BCUT2D eigenvalue weighted by Gasteiger charge is -2.22. The van der Waals surface area contributed by atoms with Gasteiger partial charge >= 0.3 is 0 Å². The van der Waals surface area contributed by atoms with Gasteiger partial charge in [-0.3, -0.25) is 0 Å². The minimum absolute atomic E-state index is 0.142. The fourth-order valence-electron chi connectivity index (χ4n) is 1.98. The number of aliphatic hydroxyl groups excluding tert-OH is 1. The Morgan fingerprint density at radius 2 is 1.89 bits per heavy atom. The van der Waals surface area contributed by atoms with Crippen molar-refractivity contribution in [2.45, 2.75) is 12.1 Å². The molecule has 3 N–H and O–H groups in total. The minimum Gasteiger partial charge on any atom is -0.486 e. The number of ether oxygens (including phenoxy) is 2. The van der Waals surface area contributed by atoms with Crippen LogP contribution in [0.5, 0.6) is 5.75 Å². The van der Waals surface area contributed by atoms with E-state index in [1.165, 1.54) is 0 Å². The Balaban J connectivity index is 2.15. The number of benzene rings is 2. The lowest BCUT2D eigenvalue weighted by Crippen LogP contribution is -2.44. The summed E-state index contributed by atoms with van der Waals surface area (Å²) < 4.78 is 10.7. The van der Waals surface area contributed by atoms with Crippen LogP contribution in [-0.2, 0) is 4.74 Å². The highest BCUT2D eigenvalue weighted by Crippen LogP contribution is 2.21. The molecule has 0 spiro atoms. The monoisotopic (exact) mass is 261 g/mol. The quantitative estimate of drug-likeness (QED) is 0.828. The van der Waals surface area contributed by atoms with Crippen LogP contribution in [0.1, 0.15) is 0 Å². The molecule has 2 aromatic rings. The highest BCUT2D eigenvalue weighted by molar-refractivity contribution is 5.83. The van der Waals surface area contributed by atoms with E-state index in [-0.39, 0.29) is 12.6 Å². The molecule has 102 valence electrons. The Kier molecular flexibility index (Phi) is 4.74. The molecule has 0 heterocycles. The Hall–Kier alpha value is -1.62. The fraction of sp³-hybridized carbons (Fsp3) is 0.333. The standard InChI is InChI=1S/C15H19NO3/c1-18-10-14(16)15(9-17)19-13-7-6-11-4-2-3-5-12(11)8-13/h2-8,14-15,17H,9-10,16H2,1H3. The first-order valence-electron chi connectivity index (χ1n) is 6.25. The van der Waals surface area contributed by atoms with Gasteiger partial charge in [-0.2, -0.15) is 0 Å². The predicted octanol–water partition coefficient (Wildman–Crippen LogP) is 1.55. The number of methoxy groups -OCH3 is 1. The second kappa shape index (κ2) is 6.52. The van der Waals surface area contributed by atoms with Gasteiger partial charge in [-0.25, -0.2) is 0 Å². The Morgan fingerprint density at radius 1 is 1.16 bits per heavy atom. The molecule has 4 nitrogen and oxygen atoms in total. The second-order valence-corrected chi connectivity index (χ2v) is 4.47. The van der Waals surface area contributed by atoms with Crippen molar-refractivity contribution < 1.29 is 14.6 Å². The van der Waals surface area contributed by atoms with Crippen LogP contribution in [0.3, 0.4) is 0 Å². The Morgan fingerprint density at radius 3 is 2.58 bits per heavy atom. The van der Waals surface area contributed by atoms with Crippen LogP contribution >= 0.6 is 0 Å². The fourth-order valence-corrected chi connectivity index (χ4v) is 1.98. The average molecular weight is 261 g/mol. The molecule has 0 fully saturated rings. The molecule has 0 saturated heterocycles. The maximum atomic E-state index is 9.34. The van der Waals surface area contributed by atoms with E-state index in [0.717, 1.165) is 10.8 Å². The SMILES string of the molecule is COCC(N)C(CO)Oc1ccc2ccccc2c1. The third kappa shape index (κ3) is 3.44. The van der Waals surface area contributed by atoms with E-state index in [1.54, 1.807) is 7.11 Å². The summed E-state index contributed by atoms with van der Waals surface area (Å²) in [5, 5.41) is 11.6. The van der Waals surface area contributed by atoms with E-state index >= 15 is 0 Å². The zero-order chi connectivity index (χ0) is 13.7. The van der Waals surface area contributed by atoms with E-state index in [0.29, 0.717) is 12.4 Å². The van der Waals surface area contributed by atoms with Crippen LogP contribution in [0.25, 0.3) is 10.8 Å². The molecule has 0 aliphatic heterocycles. The molecule has 4 heteroatoms. The number of fused-ring (bicyclic) bond motifs is 1. The van der Waals surface area contributed by atoms with Crippen molar-refractivity contribution >= 4 is 10.8 Å². The van der Waals surface area contributed by atoms with E-state index < -0.39 is 6.10 Å². The molecule has 2 rings (SSSR count). The summed E-state index contributed by atoms with van der Waals surface area (Å²) in [6.45, 7) is 0.205. The maximum Gasteiger partial charge on any atom is 0.139 e. The number of aliphatic hydroxyl groups is 1. The summed E-state index contributed by atoms with van der Waals surface area (Å²) >= 11 is 0. The molecule has 0 saturated carbocycles. The van der Waals surface area contributed by atoms with Crippen LogP contribution in [0, 0.1) is 0 Å². The van der Waals surface area contributed by atoms with Crippen LogP contribution in [0.2, 0.25) is 0 Å². The average Bonchev–Trinajstić information content (AvgIpc) is 2.44. The molecular weight excluding hydrogens is 242 g/mol. The van der Waals surface area contributed by atoms with Gasteiger partial charge in [0.05, 0.1) is 19.3 Å². The summed E-state index contributed by atoms with van der Waals surface area (Å²) in [4.78, 5) is 0. The first-order chi connectivity index (χ1) is 9.24. The maximum absolute atomic E-state index is 9.34. The van der Waals surface area contributed by atoms with Crippen LogP contribution in [0.15, 0.2) is 42.5 Å². The third-order valence-electron chi connectivity index (χ3n) is 3.02. The van der Waals surface area contributed by atoms with Gasteiger partial charge in [0.15, 0.2) is 0 Å². The highest BCUT2D eigenvalue weighted by Gasteiger charge is 2.18. The van der Waals surface area contributed by atoms with Gasteiger partial charge in [-0.1, -0.05) is 30.3 Å². The topological polar surface area (TPSA) is 64.7 Å². The van der Waals surface area contributed by atoms with Crippen molar-refractivity contribution in [1.29, 1.82) is 0 Å². The lowest BCUT2D eigenvalue weighted by atomic mass is 10.1. The summed E-state index contributed by atoms with van der Waals surface area (Å²) in [6, 6.07) is 13.5. The zero-order valence-corrected chi connectivity index (χ0v) is 11.0. The first kappa shape index (κ1) is 13.8.